The Bertz CT molecular complexity index is 616. The molecule has 0 atom stereocenters. The summed E-state index contributed by atoms with van der Waals surface area (Å²) in [5.74, 6) is -0.162. The van der Waals surface area contributed by atoms with E-state index in [0.717, 1.165) is 30.7 Å². The van der Waals surface area contributed by atoms with Crippen LogP contribution in [0.5, 0.6) is 0 Å². The Morgan fingerprint density at radius 2 is 1.90 bits per heavy atom. The average molecular weight is 312 g/mol. The molecule has 116 valence electrons. The van der Waals surface area contributed by atoms with Crippen molar-refractivity contribution in [2.45, 2.75) is 6.42 Å². The molecule has 0 radical (unpaired) electrons. The number of rotatable bonds is 6. The minimum atomic E-state index is -3.17. The van der Waals surface area contributed by atoms with Gasteiger partial charge in [-0.25, -0.2) is 13.1 Å². The zero-order valence-electron chi connectivity index (χ0n) is 11.9. The van der Waals surface area contributed by atoms with Gasteiger partial charge in [0.1, 0.15) is 0 Å². The highest BCUT2D eigenvalue weighted by atomic mass is 32.2. The Kier molecular flexibility index (Phi) is 5.03. The first kappa shape index (κ1) is 15.6. The summed E-state index contributed by atoms with van der Waals surface area (Å²) < 4.78 is 24.1. The van der Waals surface area contributed by atoms with Gasteiger partial charge in [0.2, 0.25) is 10.0 Å². The lowest BCUT2D eigenvalue weighted by Crippen LogP contribution is -2.29. The van der Waals surface area contributed by atoms with E-state index in [0.29, 0.717) is 25.1 Å². The first-order valence-corrected chi connectivity index (χ1v) is 8.69. The monoisotopic (exact) mass is 312 g/mol. The van der Waals surface area contributed by atoms with Crippen molar-refractivity contribution in [1.82, 2.24) is 10.0 Å². The molecular weight excluding hydrogens is 292 g/mol. The van der Waals surface area contributed by atoms with Crippen molar-refractivity contribution in [3.05, 3.63) is 23.8 Å². The maximum atomic E-state index is 12.0. The van der Waals surface area contributed by atoms with E-state index >= 15 is 0 Å². The summed E-state index contributed by atoms with van der Waals surface area (Å²) in [6, 6.07) is 5.45. The van der Waals surface area contributed by atoms with Crippen molar-refractivity contribution in [3.8, 4) is 0 Å². The second-order valence-corrected chi connectivity index (χ2v) is 6.72. The fourth-order valence-electron chi connectivity index (χ4n) is 2.03. The summed E-state index contributed by atoms with van der Waals surface area (Å²) in [5, 5.41) is 9.25. The molecule has 0 saturated carbocycles. The zero-order chi connectivity index (χ0) is 15.3. The van der Waals surface area contributed by atoms with E-state index in [1.165, 1.54) is 0 Å². The van der Waals surface area contributed by atoms with E-state index < -0.39 is 10.0 Å². The SMILES string of the molecule is CS(=O)(=O)NCCCNC(=O)c1ccc2c(c1)NCCN2. The van der Waals surface area contributed by atoms with E-state index in [1.807, 2.05) is 12.1 Å². The van der Waals surface area contributed by atoms with Crippen molar-refractivity contribution >= 4 is 27.3 Å². The summed E-state index contributed by atoms with van der Waals surface area (Å²) >= 11 is 0. The summed E-state index contributed by atoms with van der Waals surface area (Å²) in [4.78, 5) is 12.0. The van der Waals surface area contributed by atoms with Gasteiger partial charge in [-0.05, 0) is 24.6 Å². The van der Waals surface area contributed by atoms with E-state index in [9.17, 15) is 13.2 Å². The number of anilines is 2. The van der Waals surface area contributed by atoms with Gasteiger partial charge >= 0.3 is 0 Å². The predicted octanol–water partition coefficient (Wildman–Crippen LogP) is 0.193. The van der Waals surface area contributed by atoms with E-state index in [1.54, 1.807) is 6.07 Å². The van der Waals surface area contributed by atoms with Crippen LogP contribution in [0.3, 0.4) is 0 Å². The summed E-state index contributed by atoms with van der Waals surface area (Å²) in [7, 11) is -3.17. The Morgan fingerprint density at radius 1 is 1.19 bits per heavy atom. The number of benzene rings is 1. The van der Waals surface area contributed by atoms with Gasteiger partial charge in [0.15, 0.2) is 0 Å². The number of carbonyl (C=O) groups is 1. The molecule has 0 fully saturated rings. The second-order valence-electron chi connectivity index (χ2n) is 4.89. The second kappa shape index (κ2) is 6.77. The van der Waals surface area contributed by atoms with Gasteiger partial charge in [-0.1, -0.05) is 0 Å². The average Bonchev–Trinajstić information content (AvgIpc) is 2.45. The molecule has 4 N–H and O–H groups in total. The molecule has 7 nitrogen and oxygen atoms in total. The van der Waals surface area contributed by atoms with Crippen molar-refractivity contribution in [2.24, 2.45) is 0 Å². The largest absolute Gasteiger partial charge is 0.382 e. The summed E-state index contributed by atoms with van der Waals surface area (Å²) in [6.07, 6.45) is 1.66. The number of hydrogen-bond acceptors (Lipinski definition) is 5. The summed E-state index contributed by atoms with van der Waals surface area (Å²) in [6.45, 7) is 2.43. The smallest absolute Gasteiger partial charge is 0.251 e. The molecule has 2 rings (SSSR count). The van der Waals surface area contributed by atoms with Crippen LogP contribution in [0.1, 0.15) is 16.8 Å². The van der Waals surface area contributed by atoms with Gasteiger partial charge in [0.05, 0.1) is 17.6 Å². The fourth-order valence-corrected chi connectivity index (χ4v) is 2.55. The number of fused-ring (bicyclic) bond motifs is 1. The number of sulfonamides is 1. The molecule has 21 heavy (non-hydrogen) atoms. The third-order valence-corrected chi connectivity index (χ3v) is 3.77. The Morgan fingerprint density at radius 3 is 2.62 bits per heavy atom. The lowest BCUT2D eigenvalue weighted by Gasteiger charge is -2.20. The highest BCUT2D eigenvalue weighted by Gasteiger charge is 2.11. The maximum Gasteiger partial charge on any atom is 0.251 e. The quantitative estimate of drug-likeness (QED) is 0.562. The highest BCUT2D eigenvalue weighted by Crippen LogP contribution is 2.25. The van der Waals surface area contributed by atoms with E-state index in [2.05, 4.69) is 20.7 Å². The van der Waals surface area contributed by atoms with Gasteiger partial charge in [-0.15, -0.1) is 0 Å². The minimum absolute atomic E-state index is 0.162. The molecule has 0 saturated heterocycles. The molecule has 1 aliphatic heterocycles. The number of carbonyl (C=O) groups excluding carboxylic acids is 1. The normalized spacial score (nSPS) is 13.8. The summed E-state index contributed by atoms with van der Waals surface area (Å²) in [5.41, 5.74) is 2.50. The molecule has 0 spiro atoms. The minimum Gasteiger partial charge on any atom is -0.382 e. The molecule has 8 heteroatoms. The van der Waals surface area contributed by atoms with Crippen molar-refractivity contribution in [2.75, 3.05) is 43.1 Å². The lowest BCUT2D eigenvalue weighted by molar-refractivity contribution is 0.0953. The maximum absolute atomic E-state index is 12.0. The molecule has 0 aromatic heterocycles. The molecular formula is C13H20N4O3S. The molecule has 1 amide bonds. The van der Waals surface area contributed by atoms with Crippen molar-refractivity contribution < 1.29 is 13.2 Å². The first-order chi connectivity index (χ1) is 9.96. The molecule has 0 bridgehead atoms. The van der Waals surface area contributed by atoms with Crippen molar-refractivity contribution in [1.29, 1.82) is 0 Å². The molecule has 0 aliphatic carbocycles. The Labute approximate surface area is 124 Å². The zero-order valence-corrected chi connectivity index (χ0v) is 12.7. The van der Waals surface area contributed by atoms with Gasteiger partial charge in [-0.2, -0.15) is 0 Å². The van der Waals surface area contributed by atoms with Crippen molar-refractivity contribution in [3.63, 3.8) is 0 Å². The number of nitrogens with one attached hydrogen (secondary N) is 4. The van der Waals surface area contributed by atoms with Gasteiger partial charge < -0.3 is 16.0 Å². The van der Waals surface area contributed by atoms with Gasteiger partial charge in [0.25, 0.3) is 5.91 Å². The van der Waals surface area contributed by atoms with Crippen LogP contribution in [0, 0.1) is 0 Å². The third-order valence-electron chi connectivity index (χ3n) is 3.04. The van der Waals surface area contributed by atoms with Crippen LogP contribution < -0.4 is 20.7 Å². The molecule has 1 aromatic carbocycles. The predicted molar refractivity (Wildman–Crippen MR) is 83.2 cm³/mol. The topological polar surface area (TPSA) is 99.3 Å². The van der Waals surface area contributed by atoms with Crippen LogP contribution in [0.2, 0.25) is 0 Å². The molecule has 0 unspecified atom stereocenters. The van der Waals surface area contributed by atoms with Gasteiger partial charge in [-0.3, -0.25) is 4.79 Å². The van der Waals surface area contributed by atoms with E-state index in [4.69, 9.17) is 0 Å². The van der Waals surface area contributed by atoms with Crippen LogP contribution in [-0.4, -0.2) is 46.8 Å². The number of hydrogen-bond donors (Lipinski definition) is 4. The Hall–Kier alpha value is -1.80. The lowest BCUT2D eigenvalue weighted by atomic mass is 10.1. The molecule has 1 aliphatic rings. The van der Waals surface area contributed by atoms with Crippen LogP contribution in [0.25, 0.3) is 0 Å². The highest BCUT2D eigenvalue weighted by molar-refractivity contribution is 7.88. The number of amides is 1. The first-order valence-electron chi connectivity index (χ1n) is 6.80. The third kappa shape index (κ3) is 4.91. The van der Waals surface area contributed by atoms with Crippen LogP contribution in [-0.2, 0) is 10.0 Å². The standard InChI is InChI=1S/C13H20N4O3S/c1-21(19,20)17-6-2-5-16-13(18)10-3-4-11-12(9-10)15-8-7-14-11/h3-4,9,14-15,17H,2,5-8H2,1H3,(H,16,18). The van der Waals surface area contributed by atoms with Gasteiger partial charge in [0, 0.05) is 31.7 Å². The molecule has 1 heterocycles. The molecule has 1 aromatic rings. The van der Waals surface area contributed by atoms with Crippen LogP contribution in [0.4, 0.5) is 11.4 Å². The Balaban J connectivity index is 1.81. The van der Waals surface area contributed by atoms with Crippen LogP contribution >= 0.6 is 0 Å². The fraction of sp³-hybridized carbons (Fsp3) is 0.462. The van der Waals surface area contributed by atoms with E-state index in [-0.39, 0.29) is 5.91 Å². The van der Waals surface area contributed by atoms with Crippen LogP contribution in [0.15, 0.2) is 18.2 Å².